The molecule has 0 saturated carbocycles. The number of halogens is 3. The standard InChI is InChI=1S/C24H20I2N2O3.ClH/c25-20-12-16(3-8-23-27-9-10-28-23)13-21(26)24(20)31-19-6-7-22(30)17(14-19)11-15-1-4-18(29)5-2-15;/h1-2,4-7,9-10,12-14,29-30H,3,8,11H2,(H,27,28);1H. The van der Waals surface area contributed by atoms with Crippen molar-refractivity contribution in [2.45, 2.75) is 19.3 Å². The summed E-state index contributed by atoms with van der Waals surface area (Å²) in [5.74, 6) is 2.91. The second-order valence-corrected chi connectivity index (χ2v) is 9.48. The summed E-state index contributed by atoms with van der Waals surface area (Å²) in [6, 6.07) is 16.5. The first-order valence-corrected chi connectivity index (χ1v) is 11.9. The summed E-state index contributed by atoms with van der Waals surface area (Å²) in [7, 11) is 0. The van der Waals surface area contributed by atoms with E-state index in [2.05, 4.69) is 67.3 Å². The molecule has 0 aliphatic carbocycles. The first-order chi connectivity index (χ1) is 15.0. The van der Waals surface area contributed by atoms with Gasteiger partial charge in [-0.3, -0.25) is 0 Å². The molecule has 32 heavy (non-hydrogen) atoms. The smallest absolute Gasteiger partial charge is 0.154 e. The monoisotopic (exact) mass is 674 g/mol. The predicted molar refractivity (Wildman–Crippen MR) is 144 cm³/mol. The number of phenols is 2. The molecule has 0 unspecified atom stereocenters. The van der Waals surface area contributed by atoms with Crippen LogP contribution in [0.3, 0.4) is 0 Å². The minimum Gasteiger partial charge on any atom is -0.508 e. The average molecular weight is 675 g/mol. The van der Waals surface area contributed by atoms with Gasteiger partial charge < -0.3 is 19.9 Å². The maximum absolute atomic E-state index is 10.3. The molecule has 0 bridgehead atoms. The number of phenolic OH excluding ortho intramolecular Hbond substituents is 2. The van der Waals surface area contributed by atoms with Crippen molar-refractivity contribution in [3.05, 3.63) is 96.6 Å². The van der Waals surface area contributed by atoms with E-state index in [1.54, 1.807) is 30.5 Å². The van der Waals surface area contributed by atoms with Crippen LogP contribution in [0.15, 0.2) is 67.0 Å². The van der Waals surface area contributed by atoms with E-state index in [-0.39, 0.29) is 23.9 Å². The predicted octanol–water partition coefficient (Wildman–Crippen LogP) is 6.62. The summed E-state index contributed by atoms with van der Waals surface area (Å²) < 4.78 is 8.28. The summed E-state index contributed by atoms with van der Waals surface area (Å²) >= 11 is 4.60. The number of hydrogen-bond donors (Lipinski definition) is 3. The molecule has 0 amide bonds. The van der Waals surface area contributed by atoms with Gasteiger partial charge in [-0.15, -0.1) is 12.4 Å². The Hall–Kier alpha value is -1.98. The quantitative estimate of drug-likeness (QED) is 0.193. The summed E-state index contributed by atoms with van der Waals surface area (Å²) in [4.78, 5) is 7.42. The van der Waals surface area contributed by atoms with E-state index in [0.29, 0.717) is 12.2 Å². The number of imidazole rings is 1. The lowest BCUT2D eigenvalue weighted by atomic mass is 10.0. The Balaban J connectivity index is 0.00000289. The van der Waals surface area contributed by atoms with Crippen LogP contribution >= 0.6 is 57.6 Å². The van der Waals surface area contributed by atoms with Gasteiger partial charge in [-0.25, -0.2) is 4.98 Å². The van der Waals surface area contributed by atoms with Crippen LogP contribution in [0.25, 0.3) is 0 Å². The van der Waals surface area contributed by atoms with Crippen molar-refractivity contribution in [1.82, 2.24) is 9.97 Å². The van der Waals surface area contributed by atoms with E-state index >= 15 is 0 Å². The topological polar surface area (TPSA) is 78.4 Å². The second-order valence-electron chi connectivity index (χ2n) is 7.16. The van der Waals surface area contributed by atoms with Crippen molar-refractivity contribution >= 4 is 57.6 Å². The van der Waals surface area contributed by atoms with Gasteiger partial charge in [-0.1, -0.05) is 12.1 Å². The van der Waals surface area contributed by atoms with Crippen LogP contribution in [0.5, 0.6) is 23.0 Å². The fourth-order valence-electron chi connectivity index (χ4n) is 3.27. The molecule has 0 fully saturated rings. The number of ether oxygens (including phenoxy) is 1. The molecule has 0 saturated heterocycles. The van der Waals surface area contributed by atoms with Gasteiger partial charge in [-0.2, -0.15) is 0 Å². The van der Waals surface area contributed by atoms with Gasteiger partial charge in [0, 0.05) is 30.8 Å². The highest BCUT2D eigenvalue weighted by molar-refractivity contribution is 14.1. The van der Waals surface area contributed by atoms with Gasteiger partial charge in [0.05, 0.1) is 7.14 Å². The number of nitrogens with zero attached hydrogens (tertiary/aromatic N) is 1. The molecule has 0 aliphatic rings. The summed E-state index contributed by atoms with van der Waals surface area (Å²) in [5, 5.41) is 19.7. The van der Waals surface area contributed by atoms with Gasteiger partial charge in [0.25, 0.3) is 0 Å². The third-order valence-electron chi connectivity index (χ3n) is 4.87. The zero-order valence-electron chi connectivity index (χ0n) is 16.9. The Labute approximate surface area is 220 Å². The second kappa shape index (κ2) is 11.2. The van der Waals surface area contributed by atoms with E-state index < -0.39 is 0 Å². The first kappa shape index (κ1) is 24.7. The van der Waals surface area contributed by atoms with E-state index in [4.69, 9.17) is 4.74 Å². The number of hydrogen-bond acceptors (Lipinski definition) is 4. The Morgan fingerprint density at radius 3 is 2.25 bits per heavy atom. The zero-order valence-corrected chi connectivity index (χ0v) is 22.0. The van der Waals surface area contributed by atoms with Gasteiger partial charge in [0.2, 0.25) is 0 Å². The van der Waals surface area contributed by atoms with E-state index in [1.165, 1.54) is 5.56 Å². The van der Waals surface area contributed by atoms with Gasteiger partial charge in [-0.05, 0) is 105 Å². The van der Waals surface area contributed by atoms with Crippen molar-refractivity contribution in [3.63, 3.8) is 0 Å². The van der Waals surface area contributed by atoms with Crippen molar-refractivity contribution in [3.8, 4) is 23.0 Å². The largest absolute Gasteiger partial charge is 0.508 e. The minimum absolute atomic E-state index is 0. The number of nitrogens with one attached hydrogen (secondary N) is 1. The molecule has 4 rings (SSSR count). The van der Waals surface area contributed by atoms with Gasteiger partial charge in [0.15, 0.2) is 5.75 Å². The molecule has 3 N–H and O–H groups in total. The maximum atomic E-state index is 10.3. The molecule has 5 nitrogen and oxygen atoms in total. The SMILES string of the molecule is Cl.Oc1ccc(Cc2cc(Oc3c(I)cc(CCc4ncc[nH]4)cc3I)ccc2O)cc1. The highest BCUT2D eigenvalue weighted by Gasteiger charge is 2.12. The van der Waals surface area contributed by atoms with Crippen molar-refractivity contribution in [2.75, 3.05) is 0 Å². The van der Waals surface area contributed by atoms with E-state index in [1.807, 2.05) is 24.4 Å². The number of aromatic nitrogens is 2. The third-order valence-corrected chi connectivity index (χ3v) is 6.47. The highest BCUT2D eigenvalue weighted by atomic mass is 127. The summed E-state index contributed by atoms with van der Waals surface area (Å²) in [6.07, 6.45) is 5.91. The average Bonchev–Trinajstić information content (AvgIpc) is 3.27. The number of aromatic hydroxyl groups is 2. The van der Waals surface area contributed by atoms with Crippen LogP contribution in [0, 0.1) is 7.14 Å². The zero-order chi connectivity index (χ0) is 21.8. The Bertz CT molecular complexity index is 1160. The Morgan fingerprint density at radius 2 is 1.59 bits per heavy atom. The minimum atomic E-state index is 0. The van der Waals surface area contributed by atoms with Crippen LogP contribution in [0.4, 0.5) is 0 Å². The normalized spacial score (nSPS) is 10.6. The number of benzene rings is 3. The molecular formula is C24H21ClI2N2O3. The van der Waals surface area contributed by atoms with Crippen molar-refractivity contribution < 1.29 is 14.9 Å². The summed E-state index contributed by atoms with van der Waals surface area (Å²) in [5.41, 5.74) is 3.00. The molecule has 1 heterocycles. The lowest BCUT2D eigenvalue weighted by Crippen LogP contribution is -1.98. The molecular weight excluding hydrogens is 654 g/mol. The lowest BCUT2D eigenvalue weighted by molar-refractivity contribution is 0.456. The van der Waals surface area contributed by atoms with E-state index in [9.17, 15) is 10.2 Å². The molecule has 0 aliphatic heterocycles. The van der Waals surface area contributed by atoms with Crippen molar-refractivity contribution in [1.29, 1.82) is 0 Å². The lowest BCUT2D eigenvalue weighted by Gasteiger charge is -2.14. The van der Waals surface area contributed by atoms with Crippen LogP contribution in [0.2, 0.25) is 0 Å². The Morgan fingerprint density at radius 1 is 0.875 bits per heavy atom. The molecule has 0 radical (unpaired) electrons. The third kappa shape index (κ3) is 6.29. The molecule has 8 heteroatoms. The van der Waals surface area contributed by atoms with Crippen LogP contribution in [-0.2, 0) is 19.3 Å². The Kier molecular flexibility index (Phi) is 8.66. The maximum Gasteiger partial charge on any atom is 0.154 e. The van der Waals surface area contributed by atoms with Crippen LogP contribution in [0.1, 0.15) is 22.5 Å². The molecule has 1 aromatic heterocycles. The molecule has 0 spiro atoms. The molecule has 166 valence electrons. The van der Waals surface area contributed by atoms with Crippen molar-refractivity contribution in [2.24, 2.45) is 0 Å². The first-order valence-electron chi connectivity index (χ1n) is 9.72. The fraction of sp³-hybridized carbons (Fsp3) is 0.125. The molecule has 0 atom stereocenters. The summed E-state index contributed by atoms with van der Waals surface area (Å²) in [6.45, 7) is 0. The highest BCUT2D eigenvalue weighted by Crippen LogP contribution is 2.35. The number of rotatable bonds is 7. The molecule has 4 aromatic rings. The van der Waals surface area contributed by atoms with Gasteiger partial charge in [0.1, 0.15) is 23.1 Å². The van der Waals surface area contributed by atoms with Crippen LogP contribution < -0.4 is 4.74 Å². The van der Waals surface area contributed by atoms with Crippen LogP contribution in [-0.4, -0.2) is 20.2 Å². The number of aromatic amines is 1. The number of aryl methyl sites for hydroxylation is 2. The fourth-order valence-corrected chi connectivity index (χ4v) is 5.39. The number of H-pyrrole nitrogens is 1. The van der Waals surface area contributed by atoms with E-state index in [0.717, 1.165) is 42.7 Å². The molecule has 3 aromatic carbocycles. The van der Waals surface area contributed by atoms with Gasteiger partial charge >= 0.3 is 0 Å².